The van der Waals surface area contributed by atoms with Gasteiger partial charge in [-0.2, -0.15) is 0 Å². The number of aromatic nitrogens is 1. The number of H-pyrrole nitrogens is 1. The highest BCUT2D eigenvalue weighted by molar-refractivity contribution is 5.83. The van der Waals surface area contributed by atoms with Crippen LogP contribution in [0.4, 0.5) is 5.82 Å². The third-order valence-corrected chi connectivity index (χ3v) is 3.42. The van der Waals surface area contributed by atoms with E-state index in [1.807, 2.05) is 24.3 Å². The molecule has 1 fully saturated rings. The molecular formula is C14H17N3O. The molecule has 4 nitrogen and oxygen atoms in total. The highest BCUT2D eigenvalue weighted by atomic mass is 16.1. The first kappa shape index (κ1) is 11.3. The fourth-order valence-electron chi connectivity index (χ4n) is 2.45. The molecule has 1 aliphatic rings. The van der Waals surface area contributed by atoms with Crippen molar-refractivity contribution in [2.24, 2.45) is 0 Å². The number of nitrogens with one attached hydrogen (secondary N) is 2. The monoisotopic (exact) mass is 243 g/mol. The molecule has 0 bridgehead atoms. The number of nitrogens with zero attached hydrogens (tertiary/aromatic N) is 1. The van der Waals surface area contributed by atoms with E-state index in [4.69, 9.17) is 0 Å². The van der Waals surface area contributed by atoms with Crippen LogP contribution in [-0.4, -0.2) is 31.2 Å². The average molecular weight is 243 g/mol. The molecule has 0 aliphatic carbocycles. The molecule has 18 heavy (non-hydrogen) atoms. The van der Waals surface area contributed by atoms with Crippen molar-refractivity contribution in [3.05, 3.63) is 40.7 Å². The van der Waals surface area contributed by atoms with Crippen molar-refractivity contribution < 1.29 is 0 Å². The van der Waals surface area contributed by atoms with Crippen LogP contribution in [0.2, 0.25) is 0 Å². The van der Waals surface area contributed by atoms with Crippen LogP contribution in [0.25, 0.3) is 10.8 Å². The second-order valence-electron chi connectivity index (χ2n) is 4.66. The van der Waals surface area contributed by atoms with Crippen LogP contribution in [0.3, 0.4) is 0 Å². The van der Waals surface area contributed by atoms with E-state index in [9.17, 15) is 4.79 Å². The van der Waals surface area contributed by atoms with E-state index >= 15 is 0 Å². The summed E-state index contributed by atoms with van der Waals surface area (Å²) in [5.74, 6) is 0.933. The smallest absolute Gasteiger partial charge is 0.257 e. The molecule has 2 aromatic rings. The summed E-state index contributed by atoms with van der Waals surface area (Å²) >= 11 is 0. The molecule has 0 saturated carbocycles. The normalized spacial score (nSPS) is 16.8. The zero-order chi connectivity index (χ0) is 12.4. The van der Waals surface area contributed by atoms with Crippen LogP contribution in [0.1, 0.15) is 6.42 Å². The van der Waals surface area contributed by atoms with Gasteiger partial charge in [-0.15, -0.1) is 0 Å². The quantitative estimate of drug-likeness (QED) is 0.794. The Bertz CT molecular complexity index is 597. The molecule has 2 N–H and O–H groups in total. The lowest BCUT2D eigenvalue weighted by Gasteiger charge is -2.21. The van der Waals surface area contributed by atoms with Crippen LogP contribution >= 0.6 is 0 Å². The van der Waals surface area contributed by atoms with Crippen molar-refractivity contribution in [2.45, 2.75) is 6.42 Å². The van der Waals surface area contributed by atoms with Crippen molar-refractivity contribution in [1.82, 2.24) is 10.3 Å². The highest BCUT2D eigenvalue weighted by Gasteiger charge is 2.11. The molecule has 4 heteroatoms. The standard InChI is InChI=1S/C14H17N3O/c18-14-12-5-2-1-4-11(12)10-13(16-14)17-8-3-6-15-7-9-17/h1-2,4-5,10,15H,3,6-9H2,(H,16,18). The molecule has 1 aromatic carbocycles. The van der Waals surface area contributed by atoms with E-state index in [1.54, 1.807) is 0 Å². The maximum absolute atomic E-state index is 12.0. The summed E-state index contributed by atoms with van der Waals surface area (Å²) in [5, 5.41) is 5.13. The number of rotatable bonds is 1. The van der Waals surface area contributed by atoms with Crippen molar-refractivity contribution in [3.8, 4) is 0 Å². The Kier molecular flexibility index (Phi) is 3.02. The van der Waals surface area contributed by atoms with E-state index in [0.29, 0.717) is 0 Å². The Morgan fingerprint density at radius 1 is 1.11 bits per heavy atom. The largest absolute Gasteiger partial charge is 0.357 e. The first-order valence-corrected chi connectivity index (χ1v) is 6.42. The van der Waals surface area contributed by atoms with Crippen LogP contribution in [0, 0.1) is 0 Å². The first-order chi connectivity index (χ1) is 8.84. The Balaban J connectivity index is 2.04. The lowest BCUT2D eigenvalue weighted by molar-refractivity contribution is 0.724. The van der Waals surface area contributed by atoms with Gasteiger partial charge in [-0.05, 0) is 30.5 Å². The van der Waals surface area contributed by atoms with Crippen LogP contribution in [0.15, 0.2) is 35.1 Å². The van der Waals surface area contributed by atoms with E-state index in [0.717, 1.165) is 49.2 Å². The zero-order valence-corrected chi connectivity index (χ0v) is 10.3. The van der Waals surface area contributed by atoms with Gasteiger partial charge in [0.15, 0.2) is 0 Å². The van der Waals surface area contributed by atoms with Gasteiger partial charge in [0.1, 0.15) is 5.82 Å². The van der Waals surface area contributed by atoms with Crippen LogP contribution in [0.5, 0.6) is 0 Å². The topological polar surface area (TPSA) is 48.1 Å². The molecule has 1 saturated heterocycles. The molecule has 0 atom stereocenters. The SMILES string of the molecule is O=c1[nH]c(N2CCCNCC2)cc2ccccc12. The third kappa shape index (κ3) is 2.11. The highest BCUT2D eigenvalue weighted by Crippen LogP contribution is 2.16. The average Bonchev–Trinajstić information content (AvgIpc) is 2.67. The molecule has 3 rings (SSSR count). The maximum atomic E-state index is 12.0. The Morgan fingerprint density at radius 3 is 2.94 bits per heavy atom. The molecule has 0 spiro atoms. The first-order valence-electron chi connectivity index (χ1n) is 6.42. The minimum atomic E-state index is 0.000283. The lowest BCUT2D eigenvalue weighted by atomic mass is 10.1. The minimum absolute atomic E-state index is 0.000283. The summed E-state index contributed by atoms with van der Waals surface area (Å²) in [7, 11) is 0. The summed E-state index contributed by atoms with van der Waals surface area (Å²) in [6.45, 7) is 3.94. The fraction of sp³-hybridized carbons (Fsp3) is 0.357. The fourth-order valence-corrected chi connectivity index (χ4v) is 2.45. The second kappa shape index (κ2) is 4.82. The zero-order valence-electron chi connectivity index (χ0n) is 10.3. The predicted molar refractivity (Wildman–Crippen MR) is 74.3 cm³/mol. The van der Waals surface area contributed by atoms with Gasteiger partial charge in [0.05, 0.1) is 0 Å². The van der Waals surface area contributed by atoms with E-state index in [1.165, 1.54) is 0 Å². The van der Waals surface area contributed by atoms with Crippen molar-refractivity contribution >= 4 is 16.6 Å². The molecule has 1 aliphatic heterocycles. The van der Waals surface area contributed by atoms with Gasteiger partial charge in [-0.3, -0.25) is 4.79 Å². The number of benzene rings is 1. The number of aromatic amines is 1. The lowest BCUT2D eigenvalue weighted by Crippen LogP contribution is -2.30. The number of fused-ring (bicyclic) bond motifs is 1. The van der Waals surface area contributed by atoms with Crippen LogP contribution < -0.4 is 15.8 Å². The van der Waals surface area contributed by atoms with Crippen molar-refractivity contribution in [3.63, 3.8) is 0 Å². The van der Waals surface area contributed by atoms with Gasteiger partial charge in [0, 0.05) is 25.0 Å². The second-order valence-corrected chi connectivity index (χ2v) is 4.66. The van der Waals surface area contributed by atoms with E-state index < -0.39 is 0 Å². The molecular weight excluding hydrogens is 226 g/mol. The van der Waals surface area contributed by atoms with Gasteiger partial charge in [-0.1, -0.05) is 18.2 Å². The number of anilines is 1. The Labute approximate surface area is 106 Å². The number of hydrogen-bond donors (Lipinski definition) is 2. The summed E-state index contributed by atoms with van der Waals surface area (Å²) < 4.78 is 0. The molecule has 1 aromatic heterocycles. The summed E-state index contributed by atoms with van der Waals surface area (Å²) in [6.07, 6.45) is 1.11. The summed E-state index contributed by atoms with van der Waals surface area (Å²) in [6, 6.07) is 9.79. The third-order valence-electron chi connectivity index (χ3n) is 3.42. The van der Waals surface area contributed by atoms with E-state index in [2.05, 4.69) is 21.3 Å². The van der Waals surface area contributed by atoms with E-state index in [-0.39, 0.29) is 5.56 Å². The predicted octanol–water partition coefficient (Wildman–Crippen LogP) is 1.33. The van der Waals surface area contributed by atoms with Gasteiger partial charge in [0.25, 0.3) is 5.56 Å². The van der Waals surface area contributed by atoms with Gasteiger partial charge >= 0.3 is 0 Å². The molecule has 0 amide bonds. The summed E-state index contributed by atoms with van der Waals surface area (Å²) in [4.78, 5) is 17.3. The molecule has 94 valence electrons. The number of pyridine rings is 1. The summed E-state index contributed by atoms with van der Waals surface area (Å²) in [5.41, 5.74) is 0.000283. The Hall–Kier alpha value is -1.81. The van der Waals surface area contributed by atoms with Gasteiger partial charge < -0.3 is 15.2 Å². The van der Waals surface area contributed by atoms with Gasteiger partial charge in [0.2, 0.25) is 0 Å². The maximum Gasteiger partial charge on any atom is 0.257 e. The molecule has 0 unspecified atom stereocenters. The van der Waals surface area contributed by atoms with Crippen molar-refractivity contribution in [1.29, 1.82) is 0 Å². The molecule has 0 radical (unpaired) electrons. The van der Waals surface area contributed by atoms with Gasteiger partial charge in [-0.25, -0.2) is 0 Å². The van der Waals surface area contributed by atoms with Crippen LogP contribution in [-0.2, 0) is 0 Å². The molecule has 2 heterocycles. The minimum Gasteiger partial charge on any atom is -0.357 e. The number of hydrogen-bond acceptors (Lipinski definition) is 3. The van der Waals surface area contributed by atoms with Crippen molar-refractivity contribution in [2.75, 3.05) is 31.1 Å². The Morgan fingerprint density at radius 2 is 2.00 bits per heavy atom.